The van der Waals surface area contributed by atoms with Crippen LogP contribution in [0.5, 0.6) is 0 Å². The molecule has 6 nitrogen and oxygen atoms in total. The molecule has 0 saturated heterocycles. The van der Waals surface area contributed by atoms with Crippen LogP contribution in [0.25, 0.3) is 0 Å². The largest absolute Gasteiger partial charge is 0.462 e. The second kappa shape index (κ2) is 6.71. The average Bonchev–Trinajstić information content (AvgIpc) is 2.85. The Hall–Kier alpha value is -2.42. The van der Waals surface area contributed by atoms with E-state index in [1.54, 1.807) is 18.2 Å². The summed E-state index contributed by atoms with van der Waals surface area (Å²) in [6.45, 7) is 0. The van der Waals surface area contributed by atoms with Gasteiger partial charge in [-0.15, -0.1) is 0 Å². The SMILES string of the molecule is NC1=C(C(c2ccccc2)S(=O)(=O)O)C(=O)C(c2cc(F)ccc2Cl)O1. The molecule has 3 N–H and O–H groups in total. The van der Waals surface area contributed by atoms with E-state index in [9.17, 15) is 22.2 Å². The minimum absolute atomic E-state index is 0.0109. The van der Waals surface area contributed by atoms with E-state index in [-0.39, 0.29) is 16.1 Å². The molecule has 0 aromatic heterocycles. The van der Waals surface area contributed by atoms with Crippen LogP contribution < -0.4 is 5.73 Å². The highest BCUT2D eigenvalue weighted by Crippen LogP contribution is 2.42. The van der Waals surface area contributed by atoms with Gasteiger partial charge < -0.3 is 10.5 Å². The highest BCUT2D eigenvalue weighted by atomic mass is 35.5. The smallest absolute Gasteiger partial charge is 0.276 e. The molecule has 0 bridgehead atoms. The van der Waals surface area contributed by atoms with Gasteiger partial charge in [-0.2, -0.15) is 8.42 Å². The number of ketones is 1. The molecule has 1 heterocycles. The molecule has 26 heavy (non-hydrogen) atoms. The molecule has 0 radical (unpaired) electrons. The predicted octanol–water partition coefficient (Wildman–Crippen LogP) is 2.92. The molecular weight excluding hydrogens is 385 g/mol. The Morgan fingerprint density at radius 2 is 1.85 bits per heavy atom. The summed E-state index contributed by atoms with van der Waals surface area (Å²) < 4.78 is 52.4. The maximum Gasteiger partial charge on any atom is 0.276 e. The Bertz CT molecular complexity index is 1010. The number of carbonyl (C=O) groups is 1. The minimum Gasteiger partial charge on any atom is -0.462 e. The molecular formula is C17H13ClFNO5S. The van der Waals surface area contributed by atoms with E-state index in [2.05, 4.69) is 0 Å². The third-order valence-electron chi connectivity index (χ3n) is 3.92. The van der Waals surface area contributed by atoms with Gasteiger partial charge in [-0.3, -0.25) is 9.35 Å². The van der Waals surface area contributed by atoms with Crippen molar-refractivity contribution >= 4 is 27.5 Å². The zero-order valence-corrected chi connectivity index (χ0v) is 14.7. The van der Waals surface area contributed by atoms with Crippen LogP contribution in [-0.2, 0) is 19.6 Å². The molecule has 3 rings (SSSR count). The first-order valence-corrected chi connectivity index (χ1v) is 9.25. The van der Waals surface area contributed by atoms with E-state index in [0.717, 1.165) is 12.1 Å². The summed E-state index contributed by atoms with van der Waals surface area (Å²) >= 11 is 6.00. The molecule has 136 valence electrons. The quantitative estimate of drug-likeness (QED) is 0.768. The number of halogens is 2. The number of ether oxygens (including phenoxy) is 1. The van der Waals surface area contributed by atoms with Crippen molar-refractivity contribution in [2.24, 2.45) is 5.73 Å². The van der Waals surface area contributed by atoms with Crippen molar-refractivity contribution in [3.8, 4) is 0 Å². The van der Waals surface area contributed by atoms with Gasteiger partial charge in [-0.1, -0.05) is 41.9 Å². The fourth-order valence-electron chi connectivity index (χ4n) is 2.80. The van der Waals surface area contributed by atoms with Crippen LogP contribution in [0.15, 0.2) is 60.0 Å². The van der Waals surface area contributed by atoms with Crippen molar-refractivity contribution in [2.75, 3.05) is 0 Å². The van der Waals surface area contributed by atoms with E-state index in [1.807, 2.05) is 0 Å². The molecule has 9 heteroatoms. The molecule has 0 aliphatic carbocycles. The highest BCUT2D eigenvalue weighted by molar-refractivity contribution is 7.86. The summed E-state index contributed by atoms with van der Waals surface area (Å²) in [6, 6.07) is 10.9. The van der Waals surface area contributed by atoms with Gasteiger partial charge in [0.1, 0.15) is 11.1 Å². The summed E-state index contributed by atoms with van der Waals surface area (Å²) in [7, 11) is -4.74. The van der Waals surface area contributed by atoms with E-state index in [4.69, 9.17) is 22.1 Å². The summed E-state index contributed by atoms with van der Waals surface area (Å²) in [4.78, 5) is 12.8. The lowest BCUT2D eigenvalue weighted by atomic mass is 9.96. The second-order valence-electron chi connectivity index (χ2n) is 5.61. The van der Waals surface area contributed by atoms with Crippen molar-refractivity contribution in [3.05, 3.63) is 82.0 Å². The van der Waals surface area contributed by atoms with Crippen LogP contribution in [0.3, 0.4) is 0 Å². The molecule has 2 unspecified atom stereocenters. The van der Waals surface area contributed by atoms with Gasteiger partial charge >= 0.3 is 0 Å². The number of carbonyl (C=O) groups excluding carboxylic acids is 1. The van der Waals surface area contributed by atoms with Gasteiger partial charge in [-0.05, 0) is 23.8 Å². The van der Waals surface area contributed by atoms with Crippen LogP contribution in [0.2, 0.25) is 5.02 Å². The fraction of sp³-hybridized carbons (Fsp3) is 0.118. The third-order valence-corrected chi connectivity index (χ3v) is 5.36. The third kappa shape index (κ3) is 3.31. The normalized spacial score (nSPS) is 18.7. The minimum atomic E-state index is -4.74. The maximum absolute atomic E-state index is 13.5. The number of nitrogens with two attached hydrogens (primary N) is 1. The standard InChI is InChI=1S/C17H13ClFNO5S/c18-12-7-6-10(19)8-11(12)15-14(21)13(17(20)25-15)16(26(22,23)24)9-4-2-1-3-5-9/h1-8,15-16H,20H2,(H,22,23,24). The van der Waals surface area contributed by atoms with Crippen molar-refractivity contribution in [1.29, 1.82) is 0 Å². The zero-order valence-electron chi connectivity index (χ0n) is 13.1. The van der Waals surface area contributed by atoms with Crippen molar-refractivity contribution in [3.63, 3.8) is 0 Å². The second-order valence-corrected chi connectivity index (χ2v) is 7.52. The van der Waals surface area contributed by atoms with Gasteiger partial charge in [0.05, 0.1) is 5.57 Å². The van der Waals surface area contributed by atoms with Crippen molar-refractivity contribution < 1.29 is 26.9 Å². The van der Waals surface area contributed by atoms with E-state index in [1.165, 1.54) is 18.2 Å². The summed E-state index contributed by atoms with van der Waals surface area (Å²) in [5, 5.41) is -1.67. The number of Topliss-reactive ketones (excluding diaryl/α,β-unsaturated/α-hetero) is 1. The average molecular weight is 398 g/mol. The Morgan fingerprint density at radius 1 is 1.19 bits per heavy atom. The highest BCUT2D eigenvalue weighted by Gasteiger charge is 2.45. The van der Waals surface area contributed by atoms with Crippen molar-refractivity contribution in [1.82, 2.24) is 0 Å². The van der Waals surface area contributed by atoms with Gasteiger partial charge in [-0.25, -0.2) is 4.39 Å². The summed E-state index contributed by atoms with van der Waals surface area (Å²) in [6.07, 6.45) is -1.40. The van der Waals surface area contributed by atoms with E-state index in [0.29, 0.717) is 0 Å². The zero-order chi connectivity index (χ0) is 19.1. The number of benzene rings is 2. The molecule has 2 aromatic carbocycles. The molecule has 2 aromatic rings. The van der Waals surface area contributed by atoms with Gasteiger partial charge in [0, 0.05) is 10.6 Å². The topological polar surface area (TPSA) is 107 Å². The first-order chi connectivity index (χ1) is 12.2. The van der Waals surface area contributed by atoms with Gasteiger partial charge in [0.25, 0.3) is 10.1 Å². The molecule has 0 fully saturated rings. The molecule has 0 amide bonds. The Morgan fingerprint density at radius 3 is 2.46 bits per heavy atom. The van der Waals surface area contributed by atoms with Crippen molar-refractivity contribution in [2.45, 2.75) is 11.4 Å². The van der Waals surface area contributed by atoms with Crippen LogP contribution >= 0.6 is 11.6 Å². The van der Waals surface area contributed by atoms with Crippen LogP contribution in [0.4, 0.5) is 4.39 Å². The predicted molar refractivity (Wildman–Crippen MR) is 92.2 cm³/mol. The molecule has 1 aliphatic heterocycles. The monoisotopic (exact) mass is 397 g/mol. The number of hydrogen-bond acceptors (Lipinski definition) is 5. The molecule has 0 saturated carbocycles. The van der Waals surface area contributed by atoms with Crippen LogP contribution in [0, 0.1) is 5.82 Å². The fourth-order valence-corrected chi connectivity index (χ4v) is 4.05. The first-order valence-electron chi connectivity index (χ1n) is 7.37. The Balaban J connectivity index is 2.08. The van der Waals surface area contributed by atoms with Crippen LogP contribution in [-0.4, -0.2) is 18.8 Å². The maximum atomic E-state index is 13.5. The summed E-state index contributed by atoms with van der Waals surface area (Å²) in [5.74, 6) is -1.93. The molecule has 2 atom stereocenters. The molecule has 0 spiro atoms. The number of rotatable bonds is 4. The van der Waals surface area contributed by atoms with Crippen LogP contribution in [0.1, 0.15) is 22.5 Å². The lowest BCUT2D eigenvalue weighted by Crippen LogP contribution is -2.21. The van der Waals surface area contributed by atoms with Gasteiger partial charge in [0.2, 0.25) is 5.78 Å². The first kappa shape index (κ1) is 18.4. The van der Waals surface area contributed by atoms with E-state index < -0.39 is 44.5 Å². The lowest BCUT2D eigenvalue weighted by molar-refractivity contribution is -0.121. The number of hydrogen-bond donors (Lipinski definition) is 2. The molecule has 1 aliphatic rings. The Kier molecular flexibility index (Phi) is 4.74. The lowest BCUT2D eigenvalue weighted by Gasteiger charge is -2.15. The summed E-state index contributed by atoms with van der Waals surface area (Å²) in [5.41, 5.74) is 5.46. The van der Waals surface area contributed by atoms with E-state index >= 15 is 0 Å². The van der Waals surface area contributed by atoms with Gasteiger partial charge in [0.15, 0.2) is 12.0 Å². The Labute approximate surface area is 153 Å².